The predicted molar refractivity (Wildman–Crippen MR) is 70.8 cm³/mol. The fraction of sp³-hybridized carbons (Fsp3) is 0.167. The number of amides is 1. The Morgan fingerprint density at radius 3 is 3.11 bits per heavy atom. The van der Waals surface area contributed by atoms with E-state index in [1.165, 1.54) is 6.92 Å². The molecule has 96 valence electrons. The van der Waals surface area contributed by atoms with Crippen LogP contribution in [0.3, 0.4) is 0 Å². The van der Waals surface area contributed by atoms with Crippen LogP contribution in [0.5, 0.6) is 0 Å². The van der Waals surface area contributed by atoms with E-state index >= 15 is 0 Å². The van der Waals surface area contributed by atoms with Crippen molar-refractivity contribution in [2.45, 2.75) is 13.5 Å². The van der Waals surface area contributed by atoms with Gasteiger partial charge in [0, 0.05) is 11.9 Å². The van der Waals surface area contributed by atoms with Gasteiger partial charge in [0.1, 0.15) is 12.0 Å². The molecule has 0 radical (unpaired) electrons. The van der Waals surface area contributed by atoms with Crippen molar-refractivity contribution in [1.82, 2.24) is 24.9 Å². The van der Waals surface area contributed by atoms with Gasteiger partial charge in [-0.3, -0.25) is 9.20 Å². The van der Waals surface area contributed by atoms with Crippen LogP contribution < -0.4 is 5.32 Å². The number of fused-ring (bicyclic) bond motifs is 3. The second-order valence-electron chi connectivity index (χ2n) is 4.13. The highest BCUT2D eigenvalue weighted by Crippen LogP contribution is 2.20. The van der Waals surface area contributed by atoms with E-state index in [0.29, 0.717) is 22.9 Å². The van der Waals surface area contributed by atoms with Crippen molar-refractivity contribution in [3.05, 3.63) is 35.2 Å². The van der Waals surface area contributed by atoms with Crippen LogP contribution in [-0.4, -0.2) is 25.5 Å². The Labute approximate surface area is 113 Å². The second kappa shape index (κ2) is 4.47. The van der Waals surface area contributed by atoms with E-state index in [-0.39, 0.29) is 5.91 Å². The summed E-state index contributed by atoms with van der Waals surface area (Å²) in [6, 6.07) is 5.41. The fourth-order valence-corrected chi connectivity index (χ4v) is 2.08. The Kier molecular flexibility index (Phi) is 2.79. The van der Waals surface area contributed by atoms with Crippen LogP contribution >= 0.6 is 11.6 Å². The summed E-state index contributed by atoms with van der Waals surface area (Å²) in [7, 11) is 0. The summed E-state index contributed by atoms with van der Waals surface area (Å²) >= 11 is 5.99. The Hall–Kier alpha value is -2.21. The van der Waals surface area contributed by atoms with Crippen molar-refractivity contribution in [2.24, 2.45) is 0 Å². The Morgan fingerprint density at radius 1 is 1.47 bits per heavy atom. The number of hydrogen-bond acceptors (Lipinski definition) is 4. The van der Waals surface area contributed by atoms with Crippen LogP contribution in [0.1, 0.15) is 12.6 Å². The largest absolute Gasteiger partial charge is 0.351 e. The summed E-state index contributed by atoms with van der Waals surface area (Å²) in [4.78, 5) is 15.5. The summed E-state index contributed by atoms with van der Waals surface area (Å²) in [6.45, 7) is 1.78. The zero-order valence-corrected chi connectivity index (χ0v) is 10.8. The normalized spacial score (nSPS) is 11.1. The molecule has 0 saturated heterocycles. The van der Waals surface area contributed by atoms with Gasteiger partial charge in [-0.1, -0.05) is 11.6 Å². The molecular weight excluding hydrogens is 266 g/mol. The van der Waals surface area contributed by atoms with Gasteiger partial charge in [0.15, 0.2) is 5.65 Å². The van der Waals surface area contributed by atoms with Crippen molar-refractivity contribution in [3.8, 4) is 0 Å². The van der Waals surface area contributed by atoms with Crippen LogP contribution in [0.15, 0.2) is 24.5 Å². The lowest BCUT2D eigenvalue weighted by Crippen LogP contribution is -2.20. The van der Waals surface area contributed by atoms with E-state index in [4.69, 9.17) is 11.6 Å². The van der Waals surface area contributed by atoms with Gasteiger partial charge >= 0.3 is 0 Å². The number of carbonyl (C=O) groups excluding carboxylic acids is 1. The SMILES string of the molecule is CC(=O)NCc1nc2ccc(Cl)cc2n2cnnc12. The average Bonchev–Trinajstić information content (AvgIpc) is 2.85. The molecule has 3 aromatic rings. The highest BCUT2D eigenvalue weighted by atomic mass is 35.5. The molecule has 1 amide bonds. The number of benzene rings is 1. The molecule has 0 atom stereocenters. The monoisotopic (exact) mass is 275 g/mol. The minimum absolute atomic E-state index is 0.115. The van der Waals surface area contributed by atoms with Crippen LogP contribution in [0.2, 0.25) is 5.02 Å². The first-order valence-corrected chi connectivity index (χ1v) is 6.05. The first-order chi connectivity index (χ1) is 9.15. The summed E-state index contributed by atoms with van der Waals surface area (Å²) in [5.74, 6) is -0.115. The van der Waals surface area contributed by atoms with Crippen molar-refractivity contribution < 1.29 is 4.79 Å². The van der Waals surface area contributed by atoms with Crippen LogP contribution in [-0.2, 0) is 11.3 Å². The Balaban J connectivity index is 2.23. The van der Waals surface area contributed by atoms with E-state index in [9.17, 15) is 4.79 Å². The topological polar surface area (TPSA) is 72.2 Å². The van der Waals surface area contributed by atoms with Gasteiger partial charge in [0.05, 0.1) is 17.6 Å². The molecule has 0 aliphatic heterocycles. The maximum Gasteiger partial charge on any atom is 0.217 e. The third-order valence-corrected chi connectivity index (χ3v) is 3.00. The summed E-state index contributed by atoms with van der Waals surface area (Å²) < 4.78 is 1.81. The maximum atomic E-state index is 11.0. The maximum absolute atomic E-state index is 11.0. The van der Waals surface area contributed by atoms with Gasteiger partial charge in [-0.25, -0.2) is 4.98 Å². The zero-order chi connectivity index (χ0) is 13.4. The van der Waals surface area contributed by atoms with Crippen LogP contribution in [0, 0.1) is 0 Å². The third kappa shape index (κ3) is 2.10. The molecule has 0 unspecified atom stereocenters. The molecule has 6 nitrogen and oxygen atoms in total. The van der Waals surface area contributed by atoms with E-state index in [1.54, 1.807) is 12.4 Å². The molecule has 1 N–H and O–H groups in total. The van der Waals surface area contributed by atoms with Crippen molar-refractivity contribution in [3.63, 3.8) is 0 Å². The number of carbonyl (C=O) groups is 1. The van der Waals surface area contributed by atoms with Gasteiger partial charge < -0.3 is 5.32 Å². The van der Waals surface area contributed by atoms with Gasteiger partial charge in [-0.2, -0.15) is 0 Å². The number of aromatic nitrogens is 4. The molecule has 0 saturated carbocycles. The highest BCUT2D eigenvalue weighted by Gasteiger charge is 2.10. The molecule has 1 aromatic carbocycles. The molecule has 0 aliphatic rings. The molecule has 2 heterocycles. The number of rotatable bonds is 2. The Morgan fingerprint density at radius 2 is 2.32 bits per heavy atom. The molecule has 7 heteroatoms. The summed E-state index contributed by atoms with van der Waals surface area (Å²) in [5.41, 5.74) is 2.89. The molecule has 0 fully saturated rings. The lowest BCUT2D eigenvalue weighted by atomic mass is 10.2. The molecule has 3 rings (SSSR count). The minimum Gasteiger partial charge on any atom is -0.351 e. The number of halogens is 1. The highest BCUT2D eigenvalue weighted by molar-refractivity contribution is 6.31. The average molecular weight is 276 g/mol. The third-order valence-electron chi connectivity index (χ3n) is 2.76. The molecule has 19 heavy (non-hydrogen) atoms. The van der Waals surface area contributed by atoms with E-state index < -0.39 is 0 Å². The van der Waals surface area contributed by atoms with E-state index in [1.807, 2.05) is 16.5 Å². The fourth-order valence-electron chi connectivity index (χ4n) is 1.91. The summed E-state index contributed by atoms with van der Waals surface area (Å²) in [5, 5.41) is 11.3. The minimum atomic E-state index is -0.115. The Bertz CT molecular complexity index is 782. The van der Waals surface area contributed by atoms with E-state index in [2.05, 4.69) is 20.5 Å². The quantitative estimate of drug-likeness (QED) is 0.770. The number of hydrogen-bond donors (Lipinski definition) is 1. The molecule has 0 bridgehead atoms. The van der Waals surface area contributed by atoms with Crippen molar-refractivity contribution >= 4 is 34.2 Å². The van der Waals surface area contributed by atoms with E-state index in [0.717, 1.165) is 11.0 Å². The van der Waals surface area contributed by atoms with Crippen LogP contribution in [0.25, 0.3) is 16.7 Å². The van der Waals surface area contributed by atoms with Crippen molar-refractivity contribution in [2.75, 3.05) is 0 Å². The van der Waals surface area contributed by atoms with Crippen molar-refractivity contribution in [1.29, 1.82) is 0 Å². The van der Waals surface area contributed by atoms with Gasteiger partial charge in [-0.05, 0) is 18.2 Å². The van der Waals surface area contributed by atoms with Gasteiger partial charge in [0.2, 0.25) is 5.91 Å². The molecular formula is C12H10ClN5O. The predicted octanol–water partition coefficient (Wildman–Crippen LogP) is 1.57. The lowest BCUT2D eigenvalue weighted by molar-refractivity contribution is -0.119. The van der Waals surface area contributed by atoms with Gasteiger partial charge in [0.25, 0.3) is 0 Å². The molecule has 2 aromatic heterocycles. The second-order valence-corrected chi connectivity index (χ2v) is 4.56. The first kappa shape index (κ1) is 11.9. The molecule has 0 aliphatic carbocycles. The molecule has 0 spiro atoms. The smallest absolute Gasteiger partial charge is 0.217 e. The van der Waals surface area contributed by atoms with Crippen LogP contribution in [0.4, 0.5) is 0 Å². The number of nitrogens with zero attached hydrogens (tertiary/aromatic N) is 4. The zero-order valence-electron chi connectivity index (χ0n) is 10.1. The first-order valence-electron chi connectivity index (χ1n) is 5.67. The lowest BCUT2D eigenvalue weighted by Gasteiger charge is -2.07. The summed E-state index contributed by atoms with van der Waals surface area (Å²) in [6.07, 6.45) is 1.60. The number of nitrogens with one attached hydrogen (secondary N) is 1. The van der Waals surface area contributed by atoms with Gasteiger partial charge in [-0.15, -0.1) is 10.2 Å². The standard InChI is InChI=1S/C12H10ClN5O/c1-7(19)14-5-10-12-17-15-6-18(12)11-4-8(13)2-3-9(11)16-10/h2-4,6H,5H2,1H3,(H,14,19).